The Morgan fingerprint density at radius 2 is 0.971 bits per heavy atom. The summed E-state index contributed by atoms with van der Waals surface area (Å²) < 4.78 is 0. The van der Waals surface area contributed by atoms with Gasteiger partial charge in [0.15, 0.2) is 0 Å². The molecule has 0 saturated carbocycles. The number of amides is 2. The van der Waals surface area contributed by atoms with Crippen LogP contribution in [0.4, 0.5) is 11.4 Å². The predicted octanol–water partition coefficient (Wildman–Crippen LogP) is 3.22. The molecule has 8 heteroatoms. The van der Waals surface area contributed by atoms with Crippen molar-refractivity contribution in [2.45, 2.75) is 13.8 Å². The van der Waals surface area contributed by atoms with E-state index >= 15 is 0 Å². The van der Waals surface area contributed by atoms with E-state index in [1.165, 1.54) is 10.0 Å². The molecule has 0 bridgehead atoms. The maximum Gasteiger partial charge on any atom is 0.282 e. The number of carbonyl (C=O) groups is 2. The molecule has 172 valence electrons. The highest BCUT2D eigenvalue weighted by Crippen LogP contribution is 2.25. The zero-order chi connectivity index (χ0) is 23.7. The van der Waals surface area contributed by atoms with Gasteiger partial charge >= 0.3 is 0 Å². The number of para-hydroxylation sites is 2. The van der Waals surface area contributed by atoms with E-state index in [0.717, 1.165) is 37.6 Å². The number of carbonyl (C=O) groups excluding carboxylic acids is 2. The monoisotopic (exact) mass is 454 g/mol. The third-order valence-corrected chi connectivity index (χ3v) is 6.10. The summed E-state index contributed by atoms with van der Waals surface area (Å²) in [5.74, 6) is -0.227. The number of piperazine rings is 1. The van der Waals surface area contributed by atoms with Gasteiger partial charge in [-0.1, -0.05) is 36.4 Å². The fourth-order valence-electron chi connectivity index (χ4n) is 4.18. The molecule has 0 N–H and O–H groups in total. The maximum absolute atomic E-state index is 12.9. The molecule has 3 aliphatic heterocycles. The van der Waals surface area contributed by atoms with Crippen molar-refractivity contribution >= 4 is 34.6 Å². The first-order valence-electron chi connectivity index (χ1n) is 11.3. The summed E-state index contributed by atoms with van der Waals surface area (Å²) >= 11 is 0. The van der Waals surface area contributed by atoms with Crippen molar-refractivity contribution in [3.05, 3.63) is 84.2 Å². The van der Waals surface area contributed by atoms with Gasteiger partial charge in [0.2, 0.25) is 0 Å². The molecule has 1 fully saturated rings. The molecule has 3 aliphatic rings. The van der Waals surface area contributed by atoms with Gasteiger partial charge in [0, 0.05) is 38.6 Å². The maximum atomic E-state index is 12.9. The van der Waals surface area contributed by atoms with Crippen LogP contribution >= 0.6 is 0 Å². The average molecular weight is 455 g/mol. The fraction of sp³-hybridized carbons (Fsp3) is 0.231. The zero-order valence-corrected chi connectivity index (χ0v) is 19.3. The van der Waals surface area contributed by atoms with Gasteiger partial charge < -0.3 is 9.80 Å². The van der Waals surface area contributed by atoms with Crippen LogP contribution in [0.5, 0.6) is 0 Å². The molecule has 34 heavy (non-hydrogen) atoms. The summed E-state index contributed by atoms with van der Waals surface area (Å²) in [7, 11) is 0. The van der Waals surface area contributed by atoms with E-state index in [1.807, 2.05) is 86.9 Å². The minimum absolute atomic E-state index is 0.113. The second-order valence-corrected chi connectivity index (χ2v) is 8.43. The lowest BCUT2D eigenvalue weighted by molar-refractivity contribution is -0.115. The first-order valence-corrected chi connectivity index (χ1v) is 11.3. The molecule has 0 aromatic heterocycles. The molecule has 8 nitrogen and oxygen atoms in total. The number of benzene rings is 2. The quantitative estimate of drug-likeness (QED) is 0.665. The van der Waals surface area contributed by atoms with Gasteiger partial charge in [-0.15, -0.1) is 0 Å². The molecule has 2 aromatic carbocycles. The minimum Gasteiger partial charge on any atom is -0.373 e. The Morgan fingerprint density at radius 1 is 0.618 bits per heavy atom. The van der Waals surface area contributed by atoms with Crippen LogP contribution in [-0.4, -0.2) is 59.2 Å². The highest BCUT2D eigenvalue weighted by molar-refractivity contribution is 6.30. The number of anilines is 2. The second kappa shape index (κ2) is 8.97. The summed E-state index contributed by atoms with van der Waals surface area (Å²) in [6, 6.07) is 18.9. The van der Waals surface area contributed by atoms with Gasteiger partial charge in [-0.3, -0.25) is 9.59 Å². The highest BCUT2D eigenvalue weighted by Gasteiger charge is 2.31. The molecule has 0 atom stereocenters. The van der Waals surface area contributed by atoms with Crippen LogP contribution < -0.4 is 10.0 Å². The largest absolute Gasteiger partial charge is 0.373 e. The standard InChI is InChI=1S/C26H26N6O2/c1-19-23(25(33)31(27-19)21-9-5-3-6-10-21)17-29-13-15-30(16-14-29)18-24-20(2)28-32(26(24)34)22-11-7-4-8-12-22/h3-12,17-18H,13-16H2,1-2H3/b23-17-,24-18-. The number of hydrazone groups is 2. The Labute approximate surface area is 198 Å². The molecule has 0 radical (unpaired) electrons. The molecule has 3 heterocycles. The van der Waals surface area contributed by atoms with Gasteiger partial charge in [0.1, 0.15) is 0 Å². The van der Waals surface area contributed by atoms with Crippen molar-refractivity contribution in [2.24, 2.45) is 10.2 Å². The van der Waals surface area contributed by atoms with Crippen LogP contribution in [0.2, 0.25) is 0 Å². The number of nitrogens with zero attached hydrogens (tertiary/aromatic N) is 6. The third-order valence-electron chi connectivity index (χ3n) is 6.10. The van der Waals surface area contributed by atoms with E-state index in [2.05, 4.69) is 20.0 Å². The zero-order valence-electron chi connectivity index (χ0n) is 19.3. The number of rotatable bonds is 4. The first kappa shape index (κ1) is 21.6. The Bertz CT molecular complexity index is 1130. The molecule has 1 saturated heterocycles. The van der Waals surface area contributed by atoms with E-state index in [0.29, 0.717) is 22.6 Å². The smallest absolute Gasteiger partial charge is 0.282 e. The summed E-state index contributed by atoms with van der Waals surface area (Å²) in [4.78, 5) is 30.2. The molecule has 0 aliphatic carbocycles. The predicted molar refractivity (Wildman–Crippen MR) is 133 cm³/mol. The summed E-state index contributed by atoms with van der Waals surface area (Å²) in [6.07, 6.45) is 3.83. The highest BCUT2D eigenvalue weighted by atomic mass is 16.2. The average Bonchev–Trinajstić information content (AvgIpc) is 3.31. The van der Waals surface area contributed by atoms with Gasteiger partial charge in [0.25, 0.3) is 11.8 Å². The first-order chi connectivity index (χ1) is 16.5. The lowest BCUT2D eigenvalue weighted by Crippen LogP contribution is -2.42. The molecule has 0 unspecified atom stereocenters. The Hall–Kier alpha value is -4.20. The van der Waals surface area contributed by atoms with Crippen LogP contribution in [0.3, 0.4) is 0 Å². The van der Waals surface area contributed by atoms with Crippen molar-refractivity contribution in [1.82, 2.24) is 9.80 Å². The fourth-order valence-corrected chi connectivity index (χ4v) is 4.18. The van der Waals surface area contributed by atoms with E-state index in [-0.39, 0.29) is 11.8 Å². The lowest BCUT2D eigenvalue weighted by atomic mass is 10.1. The van der Waals surface area contributed by atoms with Crippen LogP contribution in [0.1, 0.15) is 13.8 Å². The molecule has 5 rings (SSSR count). The van der Waals surface area contributed by atoms with Crippen LogP contribution in [0.15, 0.2) is 94.4 Å². The molecule has 0 spiro atoms. The lowest BCUT2D eigenvalue weighted by Gasteiger charge is -2.34. The van der Waals surface area contributed by atoms with E-state index in [9.17, 15) is 9.59 Å². The van der Waals surface area contributed by atoms with E-state index < -0.39 is 0 Å². The number of hydrogen-bond acceptors (Lipinski definition) is 6. The Kier molecular flexibility index (Phi) is 5.71. The second-order valence-electron chi connectivity index (χ2n) is 8.43. The number of hydrogen-bond donors (Lipinski definition) is 0. The van der Waals surface area contributed by atoms with E-state index in [1.54, 1.807) is 0 Å². The van der Waals surface area contributed by atoms with Crippen molar-refractivity contribution in [2.75, 3.05) is 36.2 Å². The van der Waals surface area contributed by atoms with Crippen molar-refractivity contribution in [1.29, 1.82) is 0 Å². The van der Waals surface area contributed by atoms with Crippen molar-refractivity contribution in [3.63, 3.8) is 0 Å². The van der Waals surface area contributed by atoms with Crippen LogP contribution in [-0.2, 0) is 9.59 Å². The SMILES string of the molecule is CC1=NN(c2ccccc2)C(=O)/C1=C\N1CCN(/C=C2\C(=O)N(c3ccccc3)N=C2C)CC1. The summed E-state index contributed by atoms with van der Waals surface area (Å²) in [6.45, 7) is 6.69. The molecular formula is C26H26N6O2. The van der Waals surface area contributed by atoms with Gasteiger partial charge in [0.05, 0.1) is 33.9 Å². The van der Waals surface area contributed by atoms with Gasteiger partial charge in [-0.25, -0.2) is 0 Å². The van der Waals surface area contributed by atoms with Crippen molar-refractivity contribution < 1.29 is 9.59 Å². The third kappa shape index (κ3) is 4.10. The summed E-state index contributed by atoms with van der Waals surface area (Å²) in [5.41, 5.74) is 4.17. The minimum atomic E-state index is -0.113. The topological polar surface area (TPSA) is 71.8 Å². The molecule has 2 amide bonds. The van der Waals surface area contributed by atoms with Crippen LogP contribution in [0, 0.1) is 0 Å². The molecular weight excluding hydrogens is 428 g/mol. The van der Waals surface area contributed by atoms with E-state index in [4.69, 9.17) is 0 Å². The van der Waals surface area contributed by atoms with Gasteiger partial charge in [-0.2, -0.15) is 20.2 Å². The van der Waals surface area contributed by atoms with Gasteiger partial charge in [-0.05, 0) is 38.1 Å². The summed E-state index contributed by atoms with van der Waals surface area (Å²) in [5, 5.41) is 11.8. The Morgan fingerprint density at radius 3 is 1.32 bits per heavy atom. The van der Waals surface area contributed by atoms with Crippen LogP contribution in [0.25, 0.3) is 0 Å². The molecule has 2 aromatic rings. The van der Waals surface area contributed by atoms with Crippen molar-refractivity contribution in [3.8, 4) is 0 Å². The Balaban J connectivity index is 1.23. The normalized spacial score (nSPS) is 21.1.